The van der Waals surface area contributed by atoms with E-state index in [0.717, 1.165) is 11.1 Å². The third-order valence-corrected chi connectivity index (χ3v) is 6.41. The minimum absolute atomic E-state index is 0.160. The molecule has 0 saturated carbocycles. The predicted octanol–water partition coefficient (Wildman–Crippen LogP) is 3.52. The number of hydrogen-bond donors (Lipinski definition) is 0. The van der Waals surface area contributed by atoms with E-state index in [1.165, 1.54) is 7.11 Å². The van der Waals surface area contributed by atoms with Crippen molar-refractivity contribution in [3.63, 3.8) is 0 Å². The van der Waals surface area contributed by atoms with Gasteiger partial charge in [-0.1, -0.05) is 30.3 Å². The molecular weight excluding hydrogens is 488 g/mol. The van der Waals surface area contributed by atoms with Crippen molar-refractivity contribution in [1.82, 2.24) is 19.8 Å². The van der Waals surface area contributed by atoms with Crippen molar-refractivity contribution in [3.05, 3.63) is 47.2 Å². The van der Waals surface area contributed by atoms with Gasteiger partial charge in [0.25, 0.3) is 0 Å². The van der Waals surface area contributed by atoms with Crippen LogP contribution in [0.25, 0.3) is 0 Å². The van der Waals surface area contributed by atoms with Gasteiger partial charge in [-0.2, -0.15) is 15.2 Å². The van der Waals surface area contributed by atoms with Crippen LogP contribution in [0.4, 0.5) is 15.4 Å². The molecule has 0 N–H and O–H groups in total. The first-order chi connectivity index (χ1) is 18.2. The normalized spacial score (nSPS) is 17.3. The van der Waals surface area contributed by atoms with Crippen LogP contribution >= 0.6 is 0 Å². The van der Waals surface area contributed by atoms with Crippen molar-refractivity contribution in [1.29, 1.82) is 5.26 Å². The smallest absolute Gasteiger partial charge is 0.410 e. The molecule has 4 rings (SSSR count). The van der Waals surface area contributed by atoms with Gasteiger partial charge in [-0.25, -0.2) is 9.59 Å². The number of fused-ring (bicyclic) bond motifs is 1. The second kappa shape index (κ2) is 11.5. The lowest BCUT2D eigenvalue weighted by Gasteiger charge is -2.41. The topological polar surface area (TPSA) is 121 Å². The summed E-state index contributed by atoms with van der Waals surface area (Å²) in [6.45, 7) is 7.72. The quantitative estimate of drug-likeness (QED) is 0.580. The molecular formula is C27H34N6O5. The molecule has 1 fully saturated rings. The zero-order valence-electron chi connectivity index (χ0n) is 22.3. The number of carbonyl (C=O) groups excluding carboxylic acids is 2. The second-order valence-corrected chi connectivity index (χ2v) is 10.3. The number of nitriles is 1. The van der Waals surface area contributed by atoms with Crippen molar-refractivity contribution in [2.24, 2.45) is 0 Å². The number of anilines is 1. The summed E-state index contributed by atoms with van der Waals surface area (Å²) in [6.07, 6.45) is -0.118. The number of benzene rings is 1. The van der Waals surface area contributed by atoms with Gasteiger partial charge in [0, 0.05) is 31.7 Å². The molecule has 38 heavy (non-hydrogen) atoms. The van der Waals surface area contributed by atoms with Crippen LogP contribution in [0.3, 0.4) is 0 Å². The van der Waals surface area contributed by atoms with E-state index < -0.39 is 11.7 Å². The van der Waals surface area contributed by atoms with Crippen molar-refractivity contribution in [2.45, 2.75) is 58.4 Å². The fourth-order valence-electron chi connectivity index (χ4n) is 4.59. The molecule has 2 aliphatic heterocycles. The average molecular weight is 523 g/mol. The monoisotopic (exact) mass is 522 g/mol. The first-order valence-electron chi connectivity index (χ1n) is 12.7. The van der Waals surface area contributed by atoms with Crippen LogP contribution in [-0.2, 0) is 29.0 Å². The van der Waals surface area contributed by atoms with E-state index in [2.05, 4.69) is 20.9 Å². The molecule has 3 heterocycles. The SMILES string of the molecule is COc1nc2c(c(N3CCN(C(=O)OCc4ccccc4)C(CC#N)C3)n1)CCN(C(=O)OC(C)(C)C)C2. The maximum absolute atomic E-state index is 12.9. The Bertz CT molecular complexity index is 1190. The van der Waals surface area contributed by atoms with E-state index in [-0.39, 0.29) is 37.7 Å². The van der Waals surface area contributed by atoms with Crippen molar-refractivity contribution >= 4 is 18.0 Å². The molecule has 0 radical (unpaired) electrons. The van der Waals surface area contributed by atoms with Gasteiger partial charge < -0.3 is 28.9 Å². The van der Waals surface area contributed by atoms with E-state index in [1.54, 1.807) is 9.80 Å². The van der Waals surface area contributed by atoms with Gasteiger partial charge in [-0.05, 0) is 32.8 Å². The number of methoxy groups -OCH3 is 1. The number of nitrogens with zero attached hydrogens (tertiary/aromatic N) is 6. The van der Waals surface area contributed by atoms with E-state index in [9.17, 15) is 14.9 Å². The van der Waals surface area contributed by atoms with Crippen LogP contribution in [0, 0.1) is 11.3 Å². The largest absolute Gasteiger partial charge is 0.467 e. The summed E-state index contributed by atoms with van der Waals surface area (Å²) in [5, 5.41) is 9.48. The van der Waals surface area contributed by atoms with E-state index in [1.807, 2.05) is 51.1 Å². The molecule has 2 aliphatic rings. The fraction of sp³-hybridized carbons (Fsp3) is 0.519. The van der Waals surface area contributed by atoms with Crippen LogP contribution in [0.15, 0.2) is 30.3 Å². The highest BCUT2D eigenvalue weighted by Crippen LogP contribution is 2.31. The Hall–Kier alpha value is -4.07. The van der Waals surface area contributed by atoms with Crippen LogP contribution in [0.5, 0.6) is 6.01 Å². The maximum atomic E-state index is 12.9. The van der Waals surface area contributed by atoms with Crippen LogP contribution in [0.2, 0.25) is 0 Å². The van der Waals surface area contributed by atoms with Crippen LogP contribution < -0.4 is 9.64 Å². The lowest BCUT2D eigenvalue weighted by molar-refractivity contribution is 0.0220. The first kappa shape index (κ1) is 27.0. The molecule has 1 unspecified atom stereocenters. The molecule has 2 amide bonds. The molecule has 1 saturated heterocycles. The third kappa shape index (κ3) is 6.43. The third-order valence-electron chi connectivity index (χ3n) is 6.41. The van der Waals surface area contributed by atoms with Crippen molar-refractivity contribution < 1.29 is 23.8 Å². The van der Waals surface area contributed by atoms with Gasteiger partial charge in [0.2, 0.25) is 0 Å². The van der Waals surface area contributed by atoms with E-state index in [4.69, 9.17) is 14.2 Å². The summed E-state index contributed by atoms with van der Waals surface area (Å²) in [5.41, 5.74) is 1.94. The minimum Gasteiger partial charge on any atom is -0.467 e. The fourth-order valence-corrected chi connectivity index (χ4v) is 4.59. The molecule has 0 bridgehead atoms. The van der Waals surface area contributed by atoms with Gasteiger partial charge in [0.1, 0.15) is 18.0 Å². The summed E-state index contributed by atoms with van der Waals surface area (Å²) in [4.78, 5) is 40.1. The van der Waals surface area contributed by atoms with Crippen LogP contribution in [0.1, 0.15) is 44.0 Å². The number of amides is 2. The summed E-state index contributed by atoms with van der Waals surface area (Å²) in [5.74, 6) is 0.705. The summed E-state index contributed by atoms with van der Waals surface area (Å²) >= 11 is 0. The zero-order valence-corrected chi connectivity index (χ0v) is 22.3. The molecule has 1 aromatic heterocycles. The van der Waals surface area contributed by atoms with Crippen LogP contribution in [-0.4, -0.2) is 76.9 Å². The number of piperazine rings is 1. The van der Waals surface area contributed by atoms with Gasteiger partial charge in [-0.15, -0.1) is 0 Å². The molecule has 1 atom stereocenters. The lowest BCUT2D eigenvalue weighted by atomic mass is 10.0. The standard InChI is InChI=1S/C27H34N6O5/c1-27(2,3)38-25(34)32-13-11-21-22(17-32)29-24(36-4)30-23(21)31-14-15-33(20(16-31)10-12-28)26(35)37-18-19-8-6-5-7-9-19/h5-9,20H,10-11,13-18H2,1-4H3. The lowest BCUT2D eigenvalue weighted by Crippen LogP contribution is -2.55. The minimum atomic E-state index is -0.594. The van der Waals surface area contributed by atoms with Gasteiger partial charge in [-0.3, -0.25) is 0 Å². The Balaban J connectivity index is 1.50. The number of carbonyl (C=O) groups is 2. The van der Waals surface area contributed by atoms with Gasteiger partial charge in [0.15, 0.2) is 0 Å². The Morgan fingerprint density at radius 3 is 2.55 bits per heavy atom. The van der Waals surface area contributed by atoms with E-state index >= 15 is 0 Å². The summed E-state index contributed by atoms with van der Waals surface area (Å²) in [7, 11) is 1.50. The Kier molecular flexibility index (Phi) is 8.20. The second-order valence-electron chi connectivity index (χ2n) is 10.3. The molecule has 11 nitrogen and oxygen atoms in total. The number of aromatic nitrogens is 2. The average Bonchev–Trinajstić information content (AvgIpc) is 2.90. The molecule has 0 spiro atoms. The molecule has 2 aromatic rings. The molecule has 202 valence electrons. The predicted molar refractivity (Wildman–Crippen MR) is 138 cm³/mol. The van der Waals surface area contributed by atoms with Gasteiger partial charge in [0.05, 0.1) is 37.9 Å². The first-order valence-corrected chi connectivity index (χ1v) is 12.7. The highest BCUT2D eigenvalue weighted by atomic mass is 16.6. The number of rotatable bonds is 5. The Morgan fingerprint density at radius 1 is 1.11 bits per heavy atom. The summed E-state index contributed by atoms with van der Waals surface area (Å²) in [6, 6.07) is 11.5. The zero-order chi connectivity index (χ0) is 27.3. The molecule has 0 aliphatic carbocycles. The van der Waals surface area contributed by atoms with Gasteiger partial charge >= 0.3 is 18.2 Å². The van der Waals surface area contributed by atoms with E-state index in [0.29, 0.717) is 44.1 Å². The summed E-state index contributed by atoms with van der Waals surface area (Å²) < 4.78 is 16.5. The highest BCUT2D eigenvalue weighted by molar-refractivity contribution is 5.70. The Labute approximate surface area is 222 Å². The number of ether oxygens (including phenoxy) is 3. The molecule has 1 aromatic carbocycles. The Morgan fingerprint density at radius 2 is 1.87 bits per heavy atom. The van der Waals surface area contributed by atoms with Crippen molar-refractivity contribution in [2.75, 3.05) is 38.2 Å². The number of hydrogen-bond acceptors (Lipinski definition) is 9. The maximum Gasteiger partial charge on any atom is 0.410 e. The molecule has 11 heteroatoms. The highest BCUT2D eigenvalue weighted by Gasteiger charge is 2.35. The van der Waals surface area contributed by atoms with Crippen molar-refractivity contribution in [3.8, 4) is 12.1 Å².